The van der Waals surface area contributed by atoms with Gasteiger partial charge in [0.2, 0.25) is 0 Å². The average Bonchev–Trinajstić information content (AvgIpc) is 3.77. The number of ether oxygens (including phenoxy) is 3. The standard InChI is InChI=1S/C55H62N2O4/c1-32(2)14-12-16-34(5)22-26-54(9)28-24-39-49-41(30-36(7)52(39)60-54)38-18-21-45(59-11)48(51(38)57-49)47-44(58)20-19-43-46(47)42-31-37(8)53-40(50(42)56-43)25-29-55(10,61-53)27-23-35(6)17-13-15-33(3)4/h14-15,18-25,28-31,56-58H,12-13,16-17,26-27H2,1-11H3. The lowest BCUT2D eigenvalue weighted by atomic mass is 9.91. The summed E-state index contributed by atoms with van der Waals surface area (Å²) >= 11 is 0. The number of nitrogens with one attached hydrogen (secondary N) is 2. The Bertz CT molecular complexity index is 2920. The number of phenols is 1. The molecule has 0 saturated heterocycles. The summed E-state index contributed by atoms with van der Waals surface area (Å²) < 4.78 is 19.9. The minimum Gasteiger partial charge on any atom is -0.507 e. The maximum Gasteiger partial charge on any atom is 0.132 e. The summed E-state index contributed by atoms with van der Waals surface area (Å²) in [5.41, 5.74) is 14.0. The van der Waals surface area contributed by atoms with Crippen LogP contribution in [0.25, 0.3) is 66.9 Å². The van der Waals surface area contributed by atoms with Gasteiger partial charge in [-0.1, -0.05) is 46.6 Å². The molecule has 0 spiro atoms. The zero-order chi connectivity index (χ0) is 43.4. The number of aromatic amines is 2. The third kappa shape index (κ3) is 7.93. The van der Waals surface area contributed by atoms with Gasteiger partial charge in [-0.05, 0) is 167 Å². The van der Waals surface area contributed by atoms with Gasteiger partial charge in [0.25, 0.3) is 0 Å². The molecule has 4 heterocycles. The second-order valence-electron chi connectivity index (χ2n) is 18.6. The number of aromatic nitrogens is 2. The van der Waals surface area contributed by atoms with Gasteiger partial charge in [-0.15, -0.1) is 0 Å². The van der Waals surface area contributed by atoms with Gasteiger partial charge in [0.1, 0.15) is 34.2 Å². The van der Waals surface area contributed by atoms with Gasteiger partial charge in [0, 0.05) is 56.6 Å². The highest BCUT2D eigenvalue weighted by Crippen LogP contribution is 2.51. The van der Waals surface area contributed by atoms with E-state index in [1.807, 2.05) is 12.1 Å². The molecule has 61 heavy (non-hydrogen) atoms. The van der Waals surface area contributed by atoms with Gasteiger partial charge in [-0.2, -0.15) is 0 Å². The molecule has 6 nitrogen and oxygen atoms in total. The van der Waals surface area contributed by atoms with Crippen LogP contribution in [0.15, 0.2) is 95.1 Å². The minimum absolute atomic E-state index is 0.181. The summed E-state index contributed by atoms with van der Waals surface area (Å²) in [6.45, 7) is 21.6. The molecular weight excluding hydrogens is 753 g/mol. The first-order valence-corrected chi connectivity index (χ1v) is 21.9. The van der Waals surface area contributed by atoms with Crippen LogP contribution in [-0.2, 0) is 0 Å². The highest BCUT2D eigenvalue weighted by molar-refractivity contribution is 6.23. The van der Waals surface area contributed by atoms with Crippen LogP contribution in [0.1, 0.15) is 116 Å². The van der Waals surface area contributed by atoms with Crippen molar-refractivity contribution in [3.05, 3.63) is 117 Å². The number of phenolic OH excluding ortho intramolecular Hbond substituents is 1. The van der Waals surface area contributed by atoms with Crippen molar-refractivity contribution >= 4 is 55.8 Å². The number of hydrogen-bond donors (Lipinski definition) is 3. The number of allylic oxidation sites excluding steroid dienone is 6. The number of aromatic hydroxyl groups is 1. The Hall–Kier alpha value is -5.88. The molecule has 6 heteroatoms. The van der Waals surface area contributed by atoms with E-state index in [-0.39, 0.29) is 5.75 Å². The lowest BCUT2D eigenvalue weighted by Crippen LogP contribution is -2.31. The first-order chi connectivity index (χ1) is 29.1. The molecule has 0 radical (unpaired) electrons. The number of fused-ring (bicyclic) bond motifs is 10. The van der Waals surface area contributed by atoms with Gasteiger partial charge in [0.15, 0.2) is 0 Å². The second-order valence-corrected chi connectivity index (χ2v) is 18.6. The SMILES string of the molecule is COc1ccc2c([nH]c3c4c(c(C)cc32)OC(C)(CC=C(C)CCC=C(C)C)C=C4)c1-c1c(O)ccc2[nH]c3c4c(c(C)cc3c12)OC(C)(CC=C(C)CCC=C(C)C)C=C4. The van der Waals surface area contributed by atoms with Crippen LogP contribution in [0.4, 0.5) is 0 Å². The Morgan fingerprint density at radius 1 is 0.656 bits per heavy atom. The predicted molar refractivity (Wildman–Crippen MR) is 259 cm³/mol. The molecule has 0 saturated carbocycles. The average molecular weight is 815 g/mol. The fourth-order valence-corrected chi connectivity index (χ4v) is 9.17. The normalized spacial score (nSPS) is 18.7. The molecule has 0 aliphatic carbocycles. The molecule has 2 atom stereocenters. The molecule has 316 valence electrons. The van der Waals surface area contributed by atoms with E-state index in [0.29, 0.717) is 11.3 Å². The monoisotopic (exact) mass is 814 g/mol. The Kier molecular flexibility index (Phi) is 11.1. The zero-order valence-corrected chi connectivity index (χ0v) is 38.0. The summed E-state index contributed by atoms with van der Waals surface area (Å²) in [6, 6.07) is 12.3. The number of aryl methyl sites for hydroxylation is 2. The Labute approximate surface area is 361 Å². The van der Waals surface area contributed by atoms with Crippen LogP contribution < -0.4 is 14.2 Å². The van der Waals surface area contributed by atoms with E-state index in [4.69, 9.17) is 14.2 Å². The van der Waals surface area contributed by atoms with Gasteiger partial charge < -0.3 is 29.3 Å². The Morgan fingerprint density at radius 3 is 1.74 bits per heavy atom. The van der Waals surface area contributed by atoms with Crippen LogP contribution in [-0.4, -0.2) is 33.4 Å². The quantitative estimate of drug-likeness (QED) is 0.108. The second kappa shape index (κ2) is 16.2. The molecule has 4 aromatic carbocycles. The van der Waals surface area contributed by atoms with E-state index in [1.54, 1.807) is 13.2 Å². The molecule has 2 aromatic heterocycles. The lowest BCUT2D eigenvalue weighted by Gasteiger charge is -2.32. The molecule has 2 aliphatic rings. The fraction of sp³-hybridized carbons (Fsp3) is 0.345. The smallest absolute Gasteiger partial charge is 0.132 e. The van der Waals surface area contributed by atoms with Gasteiger partial charge in [-0.3, -0.25) is 0 Å². The molecule has 2 aliphatic heterocycles. The Morgan fingerprint density at radius 2 is 1.20 bits per heavy atom. The van der Waals surface area contributed by atoms with Crippen molar-refractivity contribution in [3.63, 3.8) is 0 Å². The molecule has 8 rings (SSSR count). The predicted octanol–water partition coefficient (Wildman–Crippen LogP) is 15.4. The maximum absolute atomic E-state index is 11.9. The van der Waals surface area contributed by atoms with Crippen LogP contribution in [0.2, 0.25) is 0 Å². The Balaban J connectivity index is 1.21. The largest absolute Gasteiger partial charge is 0.507 e. The third-order valence-electron chi connectivity index (χ3n) is 12.7. The van der Waals surface area contributed by atoms with Crippen LogP contribution >= 0.6 is 0 Å². The van der Waals surface area contributed by atoms with Crippen molar-refractivity contribution in [2.45, 2.75) is 119 Å². The number of rotatable bonds is 12. The van der Waals surface area contributed by atoms with Crippen LogP contribution in [0.5, 0.6) is 23.0 Å². The van der Waals surface area contributed by atoms with E-state index in [0.717, 1.165) is 121 Å². The number of methoxy groups -OCH3 is 1. The maximum atomic E-state index is 11.9. The van der Waals surface area contributed by atoms with Crippen molar-refractivity contribution in [3.8, 4) is 34.1 Å². The summed E-state index contributed by atoms with van der Waals surface area (Å²) in [4.78, 5) is 7.57. The third-order valence-corrected chi connectivity index (χ3v) is 12.7. The van der Waals surface area contributed by atoms with Gasteiger partial charge in [-0.25, -0.2) is 0 Å². The molecule has 3 N–H and O–H groups in total. The molecule has 6 aromatic rings. The summed E-state index contributed by atoms with van der Waals surface area (Å²) in [7, 11) is 1.69. The van der Waals surface area contributed by atoms with Crippen LogP contribution in [0, 0.1) is 13.8 Å². The van der Waals surface area contributed by atoms with E-state index >= 15 is 0 Å². The topological polar surface area (TPSA) is 79.5 Å². The van der Waals surface area contributed by atoms with Crippen molar-refractivity contribution in [2.24, 2.45) is 0 Å². The summed E-state index contributed by atoms with van der Waals surface area (Å²) in [6.07, 6.45) is 23.9. The first kappa shape index (κ1) is 41.8. The molecular formula is C55H62N2O4. The van der Waals surface area contributed by atoms with Gasteiger partial charge in [0.05, 0.1) is 29.2 Å². The summed E-state index contributed by atoms with van der Waals surface area (Å²) in [5, 5.41) is 16.0. The van der Waals surface area contributed by atoms with Crippen molar-refractivity contribution in [1.82, 2.24) is 9.97 Å². The van der Waals surface area contributed by atoms with E-state index in [9.17, 15) is 5.11 Å². The molecule has 0 amide bonds. The number of benzene rings is 4. The molecule has 2 unspecified atom stereocenters. The molecule has 0 fully saturated rings. The minimum atomic E-state index is -0.463. The van der Waals surface area contributed by atoms with Crippen LogP contribution in [0.3, 0.4) is 0 Å². The number of H-pyrrole nitrogens is 2. The lowest BCUT2D eigenvalue weighted by molar-refractivity contribution is 0.139. The van der Waals surface area contributed by atoms with E-state index < -0.39 is 11.2 Å². The van der Waals surface area contributed by atoms with E-state index in [1.165, 1.54) is 22.3 Å². The van der Waals surface area contributed by atoms with E-state index in [2.05, 4.69) is 146 Å². The zero-order valence-electron chi connectivity index (χ0n) is 38.0. The van der Waals surface area contributed by atoms with Gasteiger partial charge >= 0.3 is 0 Å². The fourth-order valence-electron chi connectivity index (χ4n) is 9.17. The van der Waals surface area contributed by atoms with Crippen molar-refractivity contribution in [2.75, 3.05) is 7.11 Å². The van der Waals surface area contributed by atoms with Crippen molar-refractivity contribution in [1.29, 1.82) is 0 Å². The molecule has 0 bridgehead atoms. The first-order valence-electron chi connectivity index (χ1n) is 21.9. The highest BCUT2D eigenvalue weighted by atomic mass is 16.5. The highest BCUT2D eigenvalue weighted by Gasteiger charge is 2.32. The van der Waals surface area contributed by atoms with Crippen molar-refractivity contribution < 1.29 is 19.3 Å². The summed E-state index contributed by atoms with van der Waals surface area (Å²) in [5.74, 6) is 2.64. The number of hydrogen-bond acceptors (Lipinski definition) is 4.